The van der Waals surface area contributed by atoms with Gasteiger partial charge < -0.3 is 0 Å². The van der Waals surface area contributed by atoms with E-state index in [9.17, 15) is 16.8 Å². The highest BCUT2D eigenvalue weighted by Gasteiger charge is 2.35. The van der Waals surface area contributed by atoms with Gasteiger partial charge >= 0.3 is 0 Å². The van der Waals surface area contributed by atoms with E-state index in [0.29, 0.717) is 12.8 Å². The molecule has 0 saturated carbocycles. The molecule has 0 amide bonds. The Labute approximate surface area is 129 Å². The van der Waals surface area contributed by atoms with Crippen LogP contribution in [0.25, 0.3) is 0 Å². The Bertz CT molecular complexity index is 516. The number of hydrogen-bond acceptors (Lipinski definition) is 4. The van der Waals surface area contributed by atoms with Gasteiger partial charge in [0.2, 0.25) is 20.0 Å². The quantitative estimate of drug-likeness (QED) is 0.666. The van der Waals surface area contributed by atoms with E-state index >= 15 is 0 Å². The molecule has 0 N–H and O–H groups in total. The highest BCUT2D eigenvalue weighted by atomic mass is 32.2. The topological polar surface area (TPSA) is 74.8 Å². The molecule has 1 aliphatic rings. The van der Waals surface area contributed by atoms with Crippen LogP contribution in [0, 0.1) is 0 Å². The lowest BCUT2D eigenvalue weighted by molar-refractivity contribution is 0.212. The summed E-state index contributed by atoms with van der Waals surface area (Å²) in [5.74, 6) is 0.301. The molecule has 1 saturated heterocycles. The van der Waals surface area contributed by atoms with Crippen LogP contribution in [0.5, 0.6) is 0 Å². The molecule has 0 aromatic carbocycles. The van der Waals surface area contributed by atoms with Gasteiger partial charge in [-0.2, -0.15) is 8.61 Å². The van der Waals surface area contributed by atoms with Crippen LogP contribution >= 0.6 is 0 Å². The van der Waals surface area contributed by atoms with E-state index in [4.69, 9.17) is 0 Å². The lowest BCUT2D eigenvalue weighted by Gasteiger charge is -2.38. The van der Waals surface area contributed by atoms with Gasteiger partial charge in [-0.1, -0.05) is 26.7 Å². The van der Waals surface area contributed by atoms with E-state index in [1.54, 1.807) is 6.92 Å². The molecule has 6 nitrogen and oxygen atoms in total. The van der Waals surface area contributed by atoms with Crippen molar-refractivity contribution in [2.75, 3.05) is 31.1 Å². The third kappa shape index (κ3) is 5.19. The fraction of sp³-hybridized carbons (Fsp3) is 1.00. The average Bonchev–Trinajstić information content (AvgIpc) is 2.42. The van der Waals surface area contributed by atoms with Crippen molar-refractivity contribution in [3.63, 3.8) is 0 Å². The van der Waals surface area contributed by atoms with Crippen LogP contribution in [0.3, 0.4) is 0 Å². The normalized spacial score (nSPS) is 22.5. The standard InChI is InChI=1S/C13H28N2O4S2/c1-4-6-10-20(16,17)14-8-9-15(13(3)12-14)21(18,19)11-7-5-2/h13H,4-12H2,1-3H3. The summed E-state index contributed by atoms with van der Waals surface area (Å²) < 4.78 is 51.7. The predicted octanol–water partition coefficient (Wildman–Crippen LogP) is 1.25. The lowest BCUT2D eigenvalue weighted by Crippen LogP contribution is -2.56. The minimum absolute atomic E-state index is 0.149. The van der Waals surface area contributed by atoms with Gasteiger partial charge in [-0.15, -0.1) is 0 Å². The molecular weight excluding hydrogens is 312 g/mol. The second kappa shape index (κ2) is 7.89. The molecule has 1 atom stereocenters. The highest BCUT2D eigenvalue weighted by molar-refractivity contribution is 7.89. The largest absolute Gasteiger partial charge is 0.214 e. The molecule has 1 fully saturated rings. The fourth-order valence-corrected chi connectivity index (χ4v) is 6.05. The summed E-state index contributed by atoms with van der Waals surface area (Å²) in [5.41, 5.74) is 0. The number of piperazine rings is 1. The van der Waals surface area contributed by atoms with E-state index in [1.165, 1.54) is 8.61 Å². The van der Waals surface area contributed by atoms with Crippen molar-refractivity contribution in [3.8, 4) is 0 Å². The van der Waals surface area contributed by atoms with E-state index < -0.39 is 20.0 Å². The number of hydrogen-bond donors (Lipinski definition) is 0. The van der Waals surface area contributed by atoms with E-state index in [2.05, 4.69) is 0 Å². The fourth-order valence-electron chi connectivity index (χ4n) is 2.47. The molecule has 0 spiro atoms. The Balaban J connectivity index is 2.70. The van der Waals surface area contributed by atoms with Crippen molar-refractivity contribution in [2.45, 2.75) is 52.5 Å². The molecule has 0 aromatic heterocycles. The summed E-state index contributed by atoms with van der Waals surface area (Å²) in [7, 11) is -6.52. The third-order valence-electron chi connectivity index (χ3n) is 3.79. The Morgan fingerprint density at radius 1 is 0.905 bits per heavy atom. The first kappa shape index (κ1) is 18.9. The van der Waals surface area contributed by atoms with Gasteiger partial charge in [0.05, 0.1) is 11.5 Å². The van der Waals surface area contributed by atoms with Gasteiger partial charge in [0.25, 0.3) is 0 Å². The van der Waals surface area contributed by atoms with Crippen molar-refractivity contribution < 1.29 is 16.8 Å². The monoisotopic (exact) mass is 340 g/mol. The van der Waals surface area contributed by atoms with Crippen LogP contribution in [-0.2, 0) is 20.0 Å². The molecule has 0 bridgehead atoms. The second-order valence-corrected chi connectivity index (χ2v) is 9.79. The van der Waals surface area contributed by atoms with Gasteiger partial charge in [0.1, 0.15) is 0 Å². The Kier molecular flexibility index (Phi) is 7.09. The zero-order valence-electron chi connectivity index (χ0n) is 13.3. The Morgan fingerprint density at radius 2 is 1.43 bits per heavy atom. The maximum atomic E-state index is 12.2. The Morgan fingerprint density at radius 3 is 1.90 bits per heavy atom. The minimum atomic E-state index is -3.27. The van der Waals surface area contributed by atoms with E-state index in [-0.39, 0.29) is 37.2 Å². The van der Waals surface area contributed by atoms with Crippen LogP contribution < -0.4 is 0 Å². The third-order valence-corrected chi connectivity index (χ3v) is 7.78. The Hall–Kier alpha value is -0.180. The summed E-state index contributed by atoms with van der Waals surface area (Å²) in [6.07, 6.45) is 2.95. The van der Waals surface area contributed by atoms with Gasteiger partial charge in [-0.3, -0.25) is 0 Å². The molecule has 0 radical (unpaired) electrons. The average molecular weight is 341 g/mol. The number of rotatable bonds is 8. The van der Waals surface area contributed by atoms with Gasteiger partial charge in [0, 0.05) is 25.7 Å². The number of nitrogens with zero attached hydrogens (tertiary/aromatic N) is 2. The second-order valence-electron chi connectivity index (χ2n) is 5.66. The zero-order chi connectivity index (χ0) is 16.1. The van der Waals surface area contributed by atoms with E-state index in [1.807, 2.05) is 13.8 Å². The first-order chi connectivity index (χ1) is 9.74. The molecular formula is C13H28N2O4S2. The molecule has 1 rings (SSSR count). The molecule has 126 valence electrons. The lowest BCUT2D eigenvalue weighted by atomic mass is 10.3. The predicted molar refractivity (Wildman–Crippen MR) is 85.1 cm³/mol. The molecule has 0 aliphatic carbocycles. The molecule has 8 heteroatoms. The highest BCUT2D eigenvalue weighted by Crippen LogP contribution is 2.18. The SMILES string of the molecule is CCCCS(=O)(=O)N1CCN(S(=O)(=O)CCCC)C(C)C1. The van der Waals surface area contributed by atoms with Crippen molar-refractivity contribution in [1.82, 2.24) is 8.61 Å². The molecule has 1 unspecified atom stereocenters. The van der Waals surface area contributed by atoms with Gasteiger partial charge in [0.15, 0.2) is 0 Å². The molecule has 0 aromatic rings. The maximum absolute atomic E-state index is 12.2. The van der Waals surface area contributed by atoms with Crippen molar-refractivity contribution in [1.29, 1.82) is 0 Å². The van der Waals surface area contributed by atoms with Crippen molar-refractivity contribution in [3.05, 3.63) is 0 Å². The minimum Gasteiger partial charge on any atom is -0.212 e. The maximum Gasteiger partial charge on any atom is 0.214 e. The molecule has 21 heavy (non-hydrogen) atoms. The van der Waals surface area contributed by atoms with Gasteiger partial charge in [-0.05, 0) is 19.8 Å². The smallest absolute Gasteiger partial charge is 0.212 e. The van der Waals surface area contributed by atoms with Crippen molar-refractivity contribution >= 4 is 20.0 Å². The number of unbranched alkanes of at least 4 members (excludes halogenated alkanes) is 2. The van der Waals surface area contributed by atoms with Crippen LogP contribution in [0.15, 0.2) is 0 Å². The first-order valence-corrected chi connectivity index (χ1v) is 10.9. The summed E-state index contributed by atoms with van der Waals surface area (Å²) in [4.78, 5) is 0. The zero-order valence-corrected chi connectivity index (χ0v) is 14.9. The van der Waals surface area contributed by atoms with E-state index in [0.717, 1.165) is 12.8 Å². The van der Waals surface area contributed by atoms with Crippen LogP contribution in [0.1, 0.15) is 46.5 Å². The summed E-state index contributed by atoms with van der Waals surface area (Å²) in [6, 6.07) is -0.294. The van der Waals surface area contributed by atoms with Gasteiger partial charge in [-0.25, -0.2) is 16.8 Å². The molecule has 1 aliphatic heterocycles. The summed E-state index contributed by atoms with van der Waals surface area (Å²) in [5, 5.41) is 0. The van der Waals surface area contributed by atoms with Crippen LogP contribution in [-0.4, -0.2) is 62.6 Å². The van der Waals surface area contributed by atoms with Crippen molar-refractivity contribution in [2.24, 2.45) is 0 Å². The van der Waals surface area contributed by atoms with Crippen LogP contribution in [0.2, 0.25) is 0 Å². The summed E-state index contributed by atoms with van der Waals surface area (Å²) >= 11 is 0. The summed E-state index contributed by atoms with van der Waals surface area (Å²) in [6.45, 7) is 6.48. The number of sulfonamides is 2. The molecule has 1 heterocycles. The first-order valence-electron chi connectivity index (χ1n) is 7.72. The van der Waals surface area contributed by atoms with Crippen LogP contribution in [0.4, 0.5) is 0 Å².